The fourth-order valence-electron chi connectivity index (χ4n) is 4.99. The highest BCUT2D eigenvalue weighted by molar-refractivity contribution is 5.66. The van der Waals surface area contributed by atoms with Crippen LogP contribution in [0.15, 0.2) is 113 Å². The summed E-state index contributed by atoms with van der Waals surface area (Å²) < 4.78 is 20.0. The number of benzene rings is 3. The van der Waals surface area contributed by atoms with Crippen LogP contribution < -0.4 is 11.2 Å². The SMILES string of the molecule is CC(=O)O[C@H]1C[C@H](n2ccc(=O)[nH]c2=O)O[C@@H]1COC(c1ccccc1)(c1ccccc1)c1ccccc1. The number of hydrogen-bond donors (Lipinski definition) is 1. The molecule has 0 spiro atoms. The van der Waals surface area contributed by atoms with Gasteiger partial charge in [0.25, 0.3) is 5.56 Å². The molecule has 1 aromatic heterocycles. The summed E-state index contributed by atoms with van der Waals surface area (Å²) in [5, 5.41) is 0. The number of aromatic amines is 1. The van der Waals surface area contributed by atoms with Crippen molar-refractivity contribution in [1.29, 1.82) is 0 Å². The van der Waals surface area contributed by atoms with Crippen LogP contribution in [-0.4, -0.2) is 34.3 Å². The minimum Gasteiger partial charge on any atom is -0.460 e. The number of rotatable bonds is 8. The normalized spacial score (nSPS) is 19.2. The topological polar surface area (TPSA) is 99.6 Å². The molecule has 0 amide bonds. The molecule has 2 heterocycles. The highest BCUT2D eigenvalue weighted by Gasteiger charge is 2.43. The lowest BCUT2D eigenvalue weighted by Crippen LogP contribution is -2.39. The maximum atomic E-state index is 12.4. The summed E-state index contributed by atoms with van der Waals surface area (Å²) in [4.78, 5) is 38.1. The monoisotopic (exact) mass is 512 g/mol. The zero-order valence-corrected chi connectivity index (χ0v) is 20.9. The first-order valence-corrected chi connectivity index (χ1v) is 12.4. The van der Waals surface area contributed by atoms with Crippen LogP contribution in [0.5, 0.6) is 0 Å². The van der Waals surface area contributed by atoms with Crippen LogP contribution >= 0.6 is 0 Å². The zero-order chi connectivity index (χ0) is 26.5. The van der Waals surface area contributed by atoms with Gasteiger partial charge in [-0.15, -0.1) is 0 Å². The van der Waals surface area contributed by atoms with E-state index in [0.29, 0.717) is 0 Å². The van der Waals surface area contributed by atoms with Gasteiger partial charge in [0.1, 0.15) is 24.0 Å². The van der Waals surface area contributed by atoms with E-state index >= 15 is 0 Å². The summed E-state index contributed by atoms with van der Waals surface area (Å²) >= 11 is 0. The molecule has 38 heavy (non-hydrogen) atoms. The lowest BCUT2D eigenvalue weighted by atomic mass is 9.80. The Hall–Kier alpha value is -4.27. The molecule has 0 saturated carbocycles. The Kier molecular flexibility index (Phi) is 7.35. The largest absolute Gasteiger partial charge is 0.460 e. The molecule has 1 aliphatic rings. The van der Waals surface area contributed by atoms with Crippen LogP contribution in [0.1, 0.15) is 36.3 Å². The van der Waals surface area contributed by atoms with Crippen molar-refractivity contribution in [3.63, 3.8) is 0 Å². The van der Waals surface area contributed by atoms with Crippen LogP contribution in [0.2, 0.25) is 0 Å². The number of esters is 1. The number of carbonyl (C=O) groups excluding carboxylic acids is 1. The van der Waals surface area contributed by atoms with E-state index in [-0.39, 0.29) is 13.0 Å². The van der Waals surface area contributed by atoms with Gasteiger partial charge in [-0.2, -0.15) is 0 Å². The Morgan fingerprint density at radius 1 is 0.895 bits per heavy atom. The molecule has 0 radical (unpaired) electrons. The van der Waals surface area contributed by atoms with Gasteiger partial charge < -0.3 is 14.2 Å². The molecule has 0 unspecified atom stereocenters. The van der Waals surface area contributed by atoms with Crippen molar-refractivity contribution >= 4 is 5.97 Å². The third kappa shape index (κ3) is 5.09. The van der Waals surface area contributed by atoms with Gasteiger partial charge in [-0.05, 0) is 16.7 Å². The second-order valence-corrected chi connectivity index (χ2v) is 9.12. The van der Waals surface area contributed by atoms with Gasteiger partial charge in [-0.25, -0.2) is 4.79 Å². The molecule has 3 aromatic carbocycles. The summed E-state index contributed by atoms with van der Waals surface area (Å²) in [7, 11) is 0. The van der Waals surface area contributed by atoms with Crippen molar-refractivity contribution in [1.82, 2.24) is 9.55 Å². The van der Waals surface area contributed by atoms with E-state index in [1.807, 2.05) is 91.0 Å². The summed E-state index contributed by atoms with van der Waals surface area (Å²) in [5.74, 6) is -0.460. The Morgan fingerprint density at radius 3 is 1.89 bits per heavy atom. The van der Waals surface area contributed by atoms with Gasteiger partial charge in [-0.3, -0.25) is 19.1 Å². The van der Waals surface area contributed by atoms with Gasteiger partial charge in [0.15, 0.2) is 0 Å². The van der Waals surface area contributed by atoms with Gasteiger partial charge >= 0.3 is 11.7 Å². The molecule has 1 N–H and O–H groups in total. The zero-order valence-electron chi connectivity index (χ0n) is 20.9. The number of nitrogens with one attached hydrogen (secondary N) is 1. The predicted octanol–water partition coefficient (Wildman–Crippen LogP) is 3.76. The summed E-state index contributed by atoms with van der Waals surface area (Å²) in [6.07, 6.45) is -0.456. The number of aromatic nitrogens is 2. The van der Waals surface area contributed by atoms with Gasteiger partial charge in [0, 0.05) is 25.6 Å². The summed E-state index contributed by atoms with van der Waals surface area (Å²) in [5.41, 5.74) is 0.686. The third-order valence-electron chi connectivity index (χ3n) is 6.66. The van der Waals surface area contributed by atoms with Crippen LogP contribution in [0.25, 0.3) is 0 Å². The van der Waals surface area contributed by atoms with E-state index in [9.17, 15) is 14.4 Å². The standard InChI is InChI=1S/C30H28N2O6/c1-21(33)37-25-19-28(32-18-17-27(34)31-29(32)35)38-26(25)20-36-30(22-11-5-2-6-12-22,23-13-7-3-8-14-23)24-15-9-4-10-16-24/h2-18,25-26,28H,19-20H2,1H3,(H,31,34,35)/t25-,26+,28+/m0/s1. The van der Waals surface area contributed by atoms with Crippen LogP contribution in [0.4, 0.5) is 0 Å². The first-order valence-electron chi connectivity index (χ1n) is 12.4. The average Bonchev–Trinajstić information content (AvgIpc) is 3.32. The van der Waals surface area contributed by atoms with Gasteiger partial charge in [0.2, 0.25) is 0 Å². The van der Waals surface area contributed by atoms with Crippen molar-refractivity contribution in [2.45, 2.75) is 37.4 Å². The molecular formula is C30H28N2O6. The van der Waals surface area contributed by atoms with E-state index in [1.54, 1.807) is 0 Å². The first-order chi connectivity index (χ1) is 18.5. The molecule has 194 valence electrons. The third-order valence-corrected chi connectivity index (χ3v) is 6.66. The Labute approximate surface area is 219 Å². The number of H-pyrrole nitrogens is 1. The molecule has 0 aliphatic carbocycles. The average molecular weight is 513 g/mol. The molecule has 1 fully saturated rings. The second kappa shape index (κ2) is 11.0. The first kappa shape index (κ1) is 25.4. The molecule has 4 aromatic rings. The van der Waals surface area contributed by atoms with Crippen molar-refractivity contribution in [2.75, 3.05) is 6.61 Å². The van der Waals surface area contributed by atoms with Gasteiger partial charge in [-0.1, -0.05) is 91.0 Å². The molecular weight excluding hydrogens is 484 g/mol. The maximum absolute atomic E-state index is 12.4. The fourth-order valence-corrected chi connectivity index (χ4v) is 4.99. The highest BCUT2D eigenvalue weighted by Crippen LogP contribution is 2.41. The van der Waals surface area contributed by atoms with E-state index in [1.165, 1.54) is 23.8 Å². The summed E-state index contributed by atoms with van der Waals surface area (Å²) in [6, 6.07) is 31.0. The molecule has 3 atom stereocenters. The lowest BCUT2D eigenvalue weighted by Gasteiger charge is -2.37. The van der Waals surface area contributed by atoms with E-state index in [4.69, 9.17) is 14.2 Å². The van der Waals surface area contributed by atoms with Gasteiger partial charge in [0.05, 0.1) is 6.61 Å². The number of ether oxygens (including phenoxy) is 3. The molecule has 8 heteroatoms. The van der Waals surface area contributed by atoms with Crippen LogP contribution in [-0.2, 0) is 24.6 Å². The number of nitrogens with zero attached hydrogens (tertiary/aromatic N) is 1. The second-order valence-electron chi connectivity index (χ2n) is 9.12. The predicted molar refractivity (Wildman–Crippen MR) is 141 cm³/mol. The highest BCUT2D eigenvalue weighted by atomic mass is 16.6. The maximum Gasteiger partial charge on any atom is 0.330 e. The molecule has 1 aliphatic heterocycles. The molecule has 1 saturated heterocycles. The molecule has 8 nitrogen and oxygen atoms in total. The van der Waals surface area contributed by atoms with E-state index in [2.05, 4.69) is 4.98 Å². The minimum absolute atomic E-state index is 0.0607. The van der Waals surface area contributed by atoms with Crippen molar-refractivity contribution < 1.29 is 19.0 Å². The van der Waals surface area contributed by atoms with E-state index in [0.717, 1.165) is 16.7 Å². The molecule has 0 bridgehead atoms. The Bertz CT molecular complexity index is 1390. The lowest BCUT2D eigenvalue weighted by molar-refractivity contribution is -0.153. The number of hydrogen-bond acceptors (Lipinski definition) is 6. The van der Waals surface area contributed by atoms with Crippen molar-refractivity contribution in [2.24, 2.45) is 0 Å². The van der Waals surface area contributed by atoms with Crippen molar-refractivity contribution in [3.05, 3.63) is 141 Å². The fraction of sp³-hybridized carbons (Fsp3) is 0.233. The van der Waals surface area contributed by atoms with Crippen LogP contribution in [0.3, 0.4) is 0 Å². The van der Waals surface area contributed by atoms with Crippen molar-refractivity contribution in [3.8, 4) is 0 Å². The van der Waals surface area contributed by atoms with Crippen LogP contribution in [0, 0.1) is 0 Å². The summed E-state index contributed by atoms with van der Waals surface area (Å²) in [6.45, 7) is 1.39. The molecule has 5 rings (SSSR count). The minimum atomic E-state index is -0.985. The smallest absolute Gasteiger partial charge is 0.330 e. The Morgan fingerprint density at radius 2 is 1.42 bits per heavy atom. The number of carbonyl (C=O) groups is 1. The Balaban J connectivity index is 1.54. The quantitative estimate of drug-likeness (QED) is 0.285. The van der Waals surface area contributed by atoms with E-state index < -0.39 is 41.3 Å².